The second-order valence-corrected chi connectivity index (χ2v) is 9.74. The third-order valence-corrected chi connectivity index (χ3v) is 7.37. The first kappa shape index (κ1) is 24.2. The third-order valence-electron chi connectivity index (χ3n) is 5.59. The average molecular weight is 498 g/mol. The van der Waals surface area contributed by atoms with E-state index in [1.807, 2.05) is 0 Å². The molecular formula is C25H24FN3O5S. The fraction of sp³-hybridized carbons (Fsp3) is 0.200. The minimum Gasteiger partial charge on any atom is -0.497 e. The molecule has 2 amide bonds. The van der Waals surface area contributed by atoms with Crippen LogP contribution in [0.15, 0.2) is 77.7 Å². The average Bonchev–Trinajstić information content (AvgIpc) is 3.29. The molecule has 1 aliphatic heterocycles. The van der Waals surface area contributed by atoms with E-state index in [2.05, 4.69) is 5.32 Å². The molecule has 4 rings (SSSR count). The zero-order valence-electron chi connectivity index (χ0n) is 19.0. The van der Waals surface area contributed by atoms with Crippen molar-refractivity contribution in [1.82, 2.24) is 0 Å². The second-order valence-electron chi connectivity index (χ2n) is 7.88. The van der Waals surface area contributed by atoms with Gasteiger partial charge in [0.25, 0.3) is 10.0 Å². The Balaban J connectivity index is 1.57. The summed E-state index contributed by atoms with van der Waals surface area (Å²) < 4.78 is 47.2. The molecular weight excluding hydrogens is 473 g/mol. The smallest absolute Gasteiger partial charge is 0.264 e. The van der Waals surface area contributed by atoms with E-state index in [0.29, 0.717) is 24.4 Å². The summed E-state index contributed by atoms with van der Waals surface area (Å²) in [5.41, 5.74) is 0.891. The van der Waals surface area contributed by atoms with Crippen molar-refractivity contribution >= 4 is 38.9 Å². The summed E-state index contributed by atoms with van der Waals surface area (Å²) in [5, 5.41) is 2.64. The number of nitrogens with zero attached hydrogens (tertiary/aromatic N) is 2. The van der Waals surface area contributed by atoms with Crippen molar-refractivity contribution in [1.29, 1.82) is 0 Å². The summed E-state index contributed by atoms with van der Waals surface area (Å²) >= 11 is 0. The quantitative estimate of drug-likeness (QED) is 0.511. The minimum absolute atomic E-state index is 0.0473. The van der Waals surface area contributed by atoms with Gasteiger partial charge >= 0.3 is 0 Å². The van der Waals surface area contributed by atoms with E-state index in [1.165, 1.54) is 49.6 Å². The maximum Gasteiger partial charge on any atom is 0.264 e. The van der Waals surface area contributed by atoms with Gasteiger partial charge in [-0.2, -0.15) is 0 Å². The molecule has 10 heteroatoms. The molecule has 3 aromatic rings. The second kappa shape index (κ2) is 10.1. The SMILES string of the molecule is COc1ccc(S(=O)(=O)N(CC(=O)Nc2ccc(N3CCCC3=O)cc2)c2ccccc2F)cc1. The third kappa shape index (κ3) is 5.27. The Morgan fingerprint density at radius 2 is 1.74 bits per heavy atom. The van der Waals surface area contributed by atoms with Crippen LogP contribution in [0.1, 0.15) is 12.8 Å². The van der Waals surface area contributed by atoms with Gasteiger partial charge in [-0.1, -0.05) is 12.1 Å². The predicted octanol–water partition coefficient (Wildman–Crippen LogP) is 3.80. The molecule has 0 aliphatic carbocycles. The van der Waals surface area contributed by atoms with E-state index in [4.69, 9.17) is 4.74 Å². The van der Waals surface area contributed by atoms with E-state index >= 15 is 0 Å². The Morgan fingerprint density at radius 3 is 2.34 bits per heavy atom. The number of benzene rings is 3. The van der Waals surface area contributed by atoms with Gasteiger partial charge in [0, 0.05) is 24.3 Å². The van der Waals surface area contributed by atoms with Gasteiger partial charge < -0.3 is 15.0 Å². The monoisotopic (exact) mass is 497 g/mol. The lowest BCUT2D eigenvalue weighted by Crippen LogP contribution is -2.38. The van der Waals surface area contributed by atoms with Gasteiger partial charge in [-0.05, 0) is 67.1 Å². The van der Waals surface area contributed by atoms with Crippen molar-refractivity contribution in [2.75, 3.05) is 34.7 Å². The van der Waals surface area contributed by atoms with Crippen LogP contribution in [-0.4, -0.2) is 40.4 Å². The molecule has 0 spiro atoms. The van der Waals surface area contributed by atoms with Crippen molar-refractivity contribution < 1.29 is 27.1 Å². The Kier molecular flexibility index (Phi) is 7.02. The number of amides is 2. The standard InChI is InChI=1S/C25H24FN3O5S/c1-34-20-12-14-21(15-13-20)35(32,33)29(23-6-3-2-5-22(23)26)17-24(30)27-18-8-10-19(11-9-18)28-16-4-7-25(28)31/h2-3,5-6,8-15H,4,7,16-17H2,1H3,(H,27,30). The number of rotatable bonds is 8. The molecule has 35 heavy (non-hydrogen) atoms. The van der Waals surface area contributed by atoms with Crippen molar-refractivity contribution in [3.05, 3.63) is 78.6 Å². The summed E-state index contributed by atoms with van der Waals surface area (Å²) in [6.45, 7) is -0.00693. The minimum atomic E-state index is -4.28. The topological polar surface area (TPSA) is 96.0 Å². The fourth-order valence-electron chi connectivity index (χ4n) is 3.81. The summed E-state index contributed by atoms with van der Waals surface area (Å²) in [6, 6.07) is 17.6. The van der Waals surface area contributed by atoms with E-state index in [1.54, 1.807) is 29.2 Å². The molecule has 1 heterocycles. The number of nitrogens with one attached hydrogen (secondary N) is 1. The number of hydrogen-bond donors (Lipinski definition) is 1. The molecule has 8 nitrogen and oxygen atoms in total. The first-order chi connectivity index (χ1) is 16.8. The number of anilines is 3. The first-order valence-electron chi connectivity index (χ1n) is 10.9. The van der Waals surface area contributed by atoms with Gasteiger partial charge in [-0.15, -0.1) is 0 Å². The number of methoxy groups -OCH3 is 1. The van der Waals surface area contributed by atoms with Crippen molar-refractivity contribution in [2.45, 2.75) is 17.7 Å². The lowest BCUT2D eigenvalue weighted by atomic mass is 10.2. The summed E-state index contributed by atoms with van der Waals surface area (Å²) in [4.78, 5) is 26.3. The Labute approximate surface area is 203 Å². The first-order valence-corrected chi connectivity index (χ1v) is 12.4. The number of carbonyl (C=O) groups excluding carboxylic acids is 2. The lowest BCUT2D eigenvalue weighted by Gasteiger charge is -2.24. The zero-order chi connectivity index (χ0) is 25.0. The lowest BCUT2D eigenvalue weighted by molar-refractivity contribution is -0.117. The maximum absolute atomic E-state index is 14.6. The van der Waals surface area contributed by atoms with E-state index < -0.39 is 28.3 Å². The summed E-state index contributed by atoms with van der Waals surface area (Å²) in [7, 11) is -2.83. The van der Waals surface area contributed by atoms with Gasteiger partial charge in [-0.25, -0.2) is 12.8 Å². The molecule has 0 atom stereocenters. The molecule has 0 radical (unpaired) electrons. The van der Waals surface area contributed by atoms with Crippen LogP contribution in [0, 0.1) is 5.82 Å². The van der Waals surface area contributed by atoms with E-state index in [-0.39, 0.29) is 16.5 Å². The molecule has 0 bridgehead atoms. The van der Waals surface area contributed by atoms with Gasteiger partial charge in [0.15, 0.2) is 0 Å². The van der Waals surface area contributed by atoms with Crippen LogP contribution in [0.25, 0.3) is 0 Å². The van der Waals surface area contributed by atoms with Gasteiger partial charge in [0.1, 0.15) is 18.1 Å². The largest absolute Gasteiger partial charge is 0.497 e. The normalized spacial score (nSPS) is 13.5. The van der Waals surface area contributed by atoms with Gasteiger partial charge in [0.05, 0.1) is 17.7 Å². The van der Waals surface area contributed by atoms with Crippen molar-refractivity contribution in [3.8, 4) is 5.75 Å². The fourth-order valence-corrected chi connectivity index (χ4v) is 5.23. The highest BCUT2D eigenvalue weighted by Crippen LogP contribution is 2.28. The maximum atomic E-state index is 14.6. The van der Waals surface area contributed by atoms with E-state index in [0.717, 1.165) is 22.5 Å². The summed E-state index contributed by atoms with van der Waals surface area (Å²) in [6.07, 6.45) is 1.30. The Bertz CT molecular complexity index is 1330. The van der Waals surface area contributed by atoms with Crippen molar-refractivity contribution in [2.24, 2.45) is 0 Å². The number of sulfonamides is 1. The van der Waals surface area contributed by atoms with Gasteiger partial charge in [-0.3, -0.25) is 13.9 Å². The van der Waals surface area contributed by atoms with Crippen LogP contribution in [0.4, 0.5) is 21.5 Å². The molecule has 1 aliphatic rings. The molecule has 182 valence electrons. The summed E-state index contributed by atoms with van der Waals surface area (Å²) in [5.74, 6) is -0.934. The van der Waals surface area contributed by atoms with E-state index in [9.17, 15) is 22.4 Å². The van der Waals surface area contributed by atoms with Crippen LogP contribution < -0.4 is 19.3 Å². The Hall–Kier alpha value is -3.92. The van der Waals surface area contributed by atoms with Crippen LogP contribution in [-0.2, 0) is 19.6 Å². The highest BCUT2D eigenvalue weighted by molar-refractivity contribution is 7.92. The molecule has 0 saturated carbocycles. The number of para-hydroxylation sites is 1. The number of carbonyl (C=O) groups is 2. The highest BCUT2D eigenvalue weighted by Gasteiger charge is 2.29. The molecule has 0 aromatic heterocycles. The van der Waals surface area contributed by atoms with Crippen molar-refractivity contribution in [3.63, 3.8) is 0 Å². The van der Waals surface area contributed by atoms with Crippen LogP contribution in [0.2, 0.25) is 0 Å². The van der Waals surface area contributed by atoms with Crippen LogP contribution in [0.3, 0.4) is 0 Å². The number of ether oxygens (including phenoxy) is 1. The molecule has 1 fully saturated rings. The molecule has 1 N–H and O–H groups in total. The zero-order valence-corrected chi connectivity index (χ0v) is 19.8. The number of hydrogen-bond acceptors (Lipinski definition) is 5. The molecule has 3 aromatic carbocycles. The van der Waals surface area contributed by atoms with Gasteiger partial charge in [0.2, 0.25) is 11.8 Å². The predicted molar refractivity (Wildman–Crippen MR) is 131 cm³/mol. The number of halogens is 1. The molecule has 1 saturated heterocycles. The Morgan fingerprint density at radius 1 is 1.06 bits per heavy atom. The van der Waals surface area contributed by atoms with Crippen LogP contribution in [0.5, 0.6) is 5.75 Å². The van der Waals surface area contributed by atoms with Crippen LogP contribution >= 0.6 is 0 Å². The highest BCUT2D eigenvalue weighted by atomic mass is 32.2. The molecule has 0 unspecified atom stereocenters.